The SMILES string of the molecule is Cc1nc(-c2ccc3nccnc3c2)sc1CCN. The minimum atomic E-state index is 0.658. The Morgan fingerprint density at radius 3 is 2.74 bits per heavy atom. The lowest BCUT2D eigenvalue weighted by Crippen LogP contribution is -2.01. The van der Waals surface area contributed by atoms with Crippen molar-refractivity contribution in [2.75, 3.05) is 6.54 Å². The molecule has 96 valence electrons. The van der Waals surface area contributed by atoms with E-state index in [-0.39, 0.29) is 0 Å². The van der Waals surface area contributed by atoms with Gasteiger partial charge in [0.05, 0.1) is 16.7 Å². The number of thiazole rings is 1. The number of hydrogen-bond acceptors (Lipinski definition) is 5. The topological polar surface area (TPSA) is 64.7 Å². The number of aromatic nitrogens is 3. The van der Waals surface area contributed by atoms with Crippen LogP contribution in [0.15, 0.2) is 30.6 Å². The van der Waals surface area contributed by atoms with Crippen LogP contribution in [0.4, 0.5) is 0 Å². The number of aryl methyl sites for hydroxylation is 1. The zero-order valence-electron chi connectivity index (χ0n) is 10.6. The molecule has 0 saturated carbocycles. The molecule has 0 aliphatic heterocycles. The summed E-state index contributed by atoms with van der Waals surface area (Å²) in [6, 6.07) is 6.06. The van der Waals surface area contributed by atoms with Gasteiger partial charge in [-0.05, 0) is 38.1 Å². The molecule has 2 heterocycles. The van der Waals surface area contributed by atoms with E-state index in [4.69, 9.17) is 5.73 Å². The number of rotatable bonds is 3. The smallest absolute Gasteiger partial charge is 0.123 e. The quantitative estimate of drug-likeness (QED) is 0.794. The van der Waals surface area contributed by atoms with Crippen molar-refractivity contribution < 1.29 is 0 Å². The Labute approximate surface area is 115 Å². The molecule has 5 heteroatoms. The molecule has 3 aromatic rings. The maximum atomic E-state index is 5.61. The van der Waals surface area contributed by atoms with Crippen LogP contribution in [-0.4, -0.2) is 21.5 Å². The standard InChI is InChI=1S/C14H14N4S/c1-9-13(4-5-15)19-14(18-9)10-2-3-11-12(8-10)17-7-6-16-11/h2-3,6-8H,4-5,15H2,1H3. The third-order valence-electron chi connectivity index (χ3n) is 2.98. The normalized spacial score (nSPS) is 11.1. The Bertz CT molecular complexity index is 720. The second kappa shape index (κ2) is 5.03. The Kier molecular flexibility index (Phi) is 3.23. The summed E-state index contributed by atoms with van der Waals surface area (Å²) in [4.78, 5) is 14.5. The van der Waals surface area contributed by atoms with E-state index < -0.39 is 0 Å². The molecule has 0 aliphatic rings. The molecule has 0 spiro atoms. The fraction of sp³-hybridized carbons (Fsp3) is 0.214. The van der Waals surface area contributed by atoms with Gasteiger partial charge in [0.15, 0.2) is 0 Å². The van der Waals surface area contributed by atoms with E-state index in [0.29, 0.717) is 6.54 Å². The summed E-state index contributed by atoms with van der Waals surface area (Å²) in [6.07, 6.45) is 4.30. The highest BCUT2D eigenvalue weighted by atomic mass is 32.1. The Balaban J connectivity index is 2.06. The molecule has 1 aromatic carbocycles. The summed E-state index contributed by atoms with van der Waals surface area (Å²) < 4.78 is 0. The molecule has 0 aliphatic carbocycles. The predicted molar refractivity (Wildman–Crippen MR) is 78.1 cm³/mol. The fourth-order valence-electron chi connectivity index (χ4n) is 2.01. The van der Waals surface area contributed by atoms with Gasteiger partial charge in [-0.2, -0.15) is 0 Å². The molecule has 19 heavy (non-hydrogen) atoms. The molecule has 0 saturated heterocycles. The molecule has 0 unspecified atom stereocenters. The molecule has 3 rings (SSSR count). The summed E-state index contributed by atoms with van der Waals surface area (Å²) in [5.74, 6) is 0. The van der Waals surface area contributed by atoms with Crippen molar-refractivity contribution in [3.8, 4) is 10.6 Å². The van der Waals surface area contributed by atoms with E-state index >= 15 is 0 Å². The average molecular weight is 270 g/mol. The average Bonchev–Trinajstić information content (AvgIpc) is 2.80. The lowest BCUT2D eigenvalue weighted by Gasteiger charge is -1.98. The van der Waals surface area contributed by atoms with Crippen LogP contribution < -0.4 is 5.73 Å². The van der Waals surface area contributed by atoms with Gasteiger partial charge in [-0.3, -0.25) is 9.97 Å². The van der Waals surface area contributed by atoms with Crippen molar-refractivity contribution in [1.82, 2.24) is 15.0 Å². The molecule has 0 radical (unpaired) electrons. The van der Waals surface area contributed by atoms with Crippen LogP contribution in [0, 0.1) is 6.92 Å². The Hall–Kier alpha value is -1.85. The molecule has 2 aromatic heterocycles. The van der Waals surface area contributed by atoms with Gasteiger partial charge in [0.1, 0.15) is 5.01 Å². The minimum Gasteiger partial charge on any atom is -0.330 e. The first-order valence-corrected chi connectivity index (χ1v) is 6.97. The first-order valence-electron chi connectivity index (χ1n) is 6.15. The Morgan fingerprint density at radius 1 is 1.16 bits per heavy atom. The van der Waals surface area contributed by atoms with E-state index in [1.807, 2.05) is 25.1 Å². The van der Waals surface area contributed by atoms with Gasteiger partial charge in [0, 0.05) is 22.8 Å². The van der Waals surface area contributed by atoms with Gasteiger partial charge in [0.25, 0.3) is 0 Å². The predicted octanol–water partition coefficient (Wildman–Crippen LogP) is 2.56. The first-order chi connectivity index (χ1) is 9.28. The maximum Gasteiger partial charge on any atom is 0.123 e. The molecule has 0 fully saturated rings. The van der Waals surface area contributed by atoms with Crippen LogP contribution in [0.5, 0.6) is 0 Å². The van der Waals surface area contributed by atoms with Crippen molar-refractivity contribution in [3.05, 3.63) is 41.2 Å². The van der Waals surface area contributed by atoms with Gasteiger partial charge in [-0.15, -0.1) is 11.3 Å². The minimum absolute atomic E-state index is 0.658. The van der Waals surface area contributed by atoms with Crippen LogP contribution in [0.3, 0.4) is 0 Å². The molecular weight excluding hydrogens is 256 g/mol. The zero-order valence-corrected chi connectivity index (χ0v) is 11.4. The van der Waals surface area contributed by atoms with E-state index in [1.54, 1.807) is 23.7 Å². The summed E-state index contributed by atoms with van der Waals surface area (Å²) >= 11 is 1.71. The number of hydrogen-bond donors (Lipinski definition) is 1. The second-order valence-corrected chi connectivity index (χ2v) is 5.41. The molecule has 0 bridgehead atoms. The fourth-order valence-corrected chi connectivity index (χ4v) is 3.08. The van der Waals surface area contributed by atoms with Gasteiger partial charge < -0.3 is 5.73 Å². The van der Waals surface area contributed by atoms with Gasteiger partial charge >= 0.3 is 0 Å². The maximum absolute atomic E-state index is 5.61. The van der Waals surface area contributed by atoms with Crippen molar-refractivity contribution in [3.63, 3.8) is 0 Å². The number of nitrogens with zero attached hydrogens (tertiary/aromatic N) is 3. The highest BCUT2D eigenvalue weighted by Gasteiger charge is 2.09. The molecule has 0 atom stereocenters. The monoisotopic (exact) mass is 270 g/mol. The number of fused-ring (bicyclic) bond motifs is 1. The van der Waals surface area contributed by atoms with Crippen LogP contribution >= 0.6 is 11.3 Å². The van der Waals surface area contributed by atoms with E-state index in [1.165, 1.54) is 4.88 Å². The van der Waals surface area contributed by atoms with Crippen LogP contribution in [-0.2, 0) is 6.42 Å². The third-order valence-corrected chi connectivity index (χ3v) is 4.25. The van der Waals surface area contributed by atoms with Crippen molar-refractivity contribution in [1.29, 1.82) is 0 Å². The van der Waals surface area contributed by atoms with Crippen molar-refractivity contribution in [2.45, 2.75) is 13.3 Å². The highest BCUT2D eigenvalue weighted by Crippen LogP contribution is 2.29. The van der Waals surface area contributed by atoms with Crippen molar-refractivity contribution >= 4 is 22.4 Å². The summed E-state index contributed by atoms with van der Waals surface area (Å²) in [5.41, 5.74) is 9.57. The third kappa shape index (κ3) is 2.34. The summed E-state index contributed by atoms with van der Waals surface area (Å²) in [5, 5.41) is 1.02. The molecular formula is C14H14N4S. The molecule has 4 nitrogen and oxygen atoms in total. The molecule has 2 N–H and O–H groups in total. The highest BCUT2D eigenvalue weighted by molar-refractivity contribution is 7.15. The van der Waals surface area contributed by atoms with Crippen molar-refractivity contribution in [2.24, 2.45) is 5.73 Å². The first kappa shape index (κ1) is 12.2. The lowest BCUT2D eigenvalue weighted by atomic mass is 10.2. The summed E-state index contributed by atoms with van der Waals surface area (Å²) in [6.45, 7) is 2.69. The van der Waals surface area contributed by atoms with Crippen LogP contribution in [0.1, 0.15) is 10.6 Å². The molecule has 0 amide bonds. The largest absolute Gasteiger partial charge is 0.330 e. The van der Waals surface area contributed by atoms with E-state index in [9.17, 15) is 0 Å². The van der Waals surface area contributed by atoms with E-state index in [0.717, 1.165) is 33.7 Å². The summed E-state index contributed by atoms with van der Waals surface area (Å²) in [7, 11) is 0. The Morgan fingerprint density at radius 2 is 1.95 bits per heavy atom. The lowest BCUT2D eigenvalue weighted by molar-refractivity contribution is 0.970. The zero-order chi connectivity index (χ0) is 13.2. The van der Waals surface area contributed by atoms with Gasteiger partial charge in [0.2, 0.25) is 0 Å². The van der Waals surface area contributed by atoms with Crippen LogP contribution in [0.2, 0.25) is 0 Å². The van der Waals surface area contributed by atoms with Gasteiger partial charge in [-0.25, -0.2) is 4.98 Å². The van der Waals surface area contributed by atoms with Crippen LogP contribution in [0.25, 0.3) is 21.6 Å². The number of benzene rings is 1. The number of nitrogens with two attached hydrogens (primary N) is 1. The van der Waals surface area contributed by atoms with Gasteiger partial charge in [-0.1, -0.05) is 0 Å². The van der Waals surface area contributed by atoms with E-state index in [2.05, 4.69) is 15.0 Å². The second-order valence-electron chi connectivity index (χ2n) is 4.33.